The van der Waals surface area contributed by atoms with Crippen molar-refractivity contribution in [3.05, 3.63) is 24.3 Å². The van der Waals surface area contributed by atoms with Gasteiger partial charge in [-0.2, -0.15) is 0 Å². The van der Waals surface area contributed by atoms with Crippen LogP contribution in [0.25, 0.3) is 0 Å². The molecule has 90 valence electrons. The molecule has 0 saturated heterocycles. The molecule has 1 aromatic rings. The lowest BCUT2D eigenvalue weighted by Gasteiger charge is -2.16. The first-order valence-corrected chi connectivity index (χ1v) is 6.65. The van der Waals surface area contributed by atoms with Crippen LogP contribution in [-0.2, 0) is 9.84 Å². The largest absolute Gasteiger partial charge is 0.394 e. The zero-order chi connectivity index (χ0) is 12.2. The third kappa shape index (κ3) is 3.19. The second kappa shape index (κ2) is 5.29. The first kappa shape index (κ1) is 13.0. The van der Waals surface area contributed by atoms with E-state index >= 15 is 0 Å². The summed E-state index contributed by atoms with van der Waals surface area (Å²) in [5.41, 5.74) is 0.387. The zero-order valence-electron chi connectivity index (χ0n) is 8.92. The second-order valence-corrected chi connectivity index (χ2v) is 5.46. The highest BCUT2D eigenvalue weighted by atomic mass is 32.2. The van der Waals surface area contributed by atoms with Crippen LogP contribution in [0.4, 0.5) is 5.69 Å². The number of aliphatic hydroxyl groups excluding tert-OH is 2. The molecule has 0 aliphatic rings. The predicted molar refractivity (Wildman–Crippen MR) is 61.1 cm³/mol. The van der Waals surface area contributed by atoms with Crippen molar-refractivity contribution in [2.24, 2.45) is 0 Å². The van der Waals surface area contributed by atoms with Crippen LogP contribution < -0.4 is 5.32 Å². The van der Waals surface area contributed by atoms with Crippen LogP contribution in [-0.4, -0.2) is 44.1 Å². The second-order valence-electron chi connectivity index (χ2n) is 3.47. The predicted octanol–water partition coefficient (Wildman–Crippen LogP) is -0.145. The quantitative estimate of drug-likeness (QED) is 0.672. The minimum Gasteiger partial charge on any atom is -0.394 e. The van der Waals surface area contributed by atoms with Gasteiger partial charge in [0, 0.05) is 6.26 Å². The van der Waals surface area contributed by atoms with Gasteiger partial charge >= 0.3 is 0 Å². The molecule has 1 rings (SSSR count). The first-order valence-electron chi connectivity index (χ1n) is 4.76. The van der Waals surface area contributed by atoms with E-state index in [1.807, 2.05) is 0 Å². The van der Waals surface area contributed by atoms with E-state index in [9.17, 15) is 8.42 Å². The third-order valence-electron chi connectivity index (χ3n) is 2.09. The summed E-state index contributed by atoms with van der Waals surface area (Å²) in [5, 5.41) is 20.6. The van der Waals surface area contributed by atoms with Crippen molar-refractivity contribution in [1.82, 2.24) is 0 Å². The SMILES string of the molecule is CS(=O)(=O)c1ccccc1NC(CO)CO. The van der Waals surface area contributed by atoms with Crippen LogP contribution in [0.5, 0.6) is 0 Å². The molecule has 1 aromatic carbocycles. The number of aliphatic hydroxyl groups is 2. The van der Waals surface area contributed by atoms with Gasteiger partial charge in [0.05, 0.1) is 29.8 Å². The fourth-order valence-electron chi connectivity index (χ4n) is 1.28. The first-order chi connectivity index (χ1) is 7.49. The number of anilines is 1. The molecule has 0 aliphatic heterocycles. The lowest BCUT2D eigenvalue weighted by Crippen LogP contribution is -2.28. The molecule has 0 aliphatic carbocycles. The van der Waals surface area contributed by atoms with E-state index in [2.05, 4.69) is 5.32 Å². The molecular weight excluding hydrogens is 230 g/mol. The number of para-hydroxylation sites is 1. The Kier molecular flexibility index (Phi) is 4.28. The van der Waals surface area contributed by atoms with Gasteiger partial charge in [-0.3, -0.25) is 0 Å². The molecule has 6 heteroatoms. The van der Waals surface area contributed by atoms with Crippen LogP contribution in [0.2, 0.25) is 0 Å². The van der Waals surface area contributed by atoms with Gasteiger partial charge in [-0.05, 0) is 12.1 Å². The summed E-state index contributed by atoms with van der Waals surface area (Å²) in [4.78, 5) is 0.155. The highest BCUT2D eigenvalue weighted by Gasteiger charge is 2.14. The molecular formula is C10H15NO4S. The number of hydrogen-bond acceptors (Lipinski definition) is 5. The third-order valence-corrected chi connectivity index (χ3v) is 3.24. The van der Waals surface area contributed by atoms with Crippen LogP contribution in [0.1, 0.15) is 0 Å². The van der Waals surface area contributed by atoms with E-state index in [0.29, 0.717) is 5.69 Å². The summed E-state index contributed by atoms with van der Waals surface area (Å²) < 4.78 is 22.9. The number of hydrogen-bond donors (Lipinski definition) is 3. The molecule has 3 N–H and O–H groups in total. The Hall–Kier alpha value is -1.11. The number of benzene rings is 1. The summed E-state index contributed by atoms with van der Waals surface area (Å²) in [6, 6.07) is 5.80. The van der Waals surface area contributed by atoms with E-state index in [1.165, 1.54) is 6.07 Å². The topological polar surface area (TPSA) is 86.6 Å². The standard InChI is InChI=1S/C10H15NO4S/c1-16(14,15)10-5-3-2-4-9(10)11-8(6-12)7-13/h2-5,8,11-13H,6-7H2,1H3. The van der Waals surface area contributed by atoms with Crippen molar-refractivity contribution in [3.63, 3.8) is 0 Å². The van der Waals surface area contributed by atoms with Crippen molar-refractivity contribution < 1.29 is 18.6 Å². The van der Waals surface area contributed by atoms with Gasteiger partial charge in [0.15, 0.2) is 9.84 Å². The molecule has 0 fully saturated rings. The molecule has 0 aromatic heterocycles. The Bertz CT molecular complexity index is 440. The van der Waals surface area contributed by atoms with Crippen molar-refractivity contribution >= 4 is 15.5 Å². The number of sulfone groups is 1. The highest BCUT2D eigenvalue weighted by Crippen LogP contribution is 2.21. The molecule has 0 heterocycles. The van der Waals surface area contributed by atoms with Crippen LogP contribution >= 0.6 is 0 Å². The van der Waals surface area contributed by atoms with E-state index in [1.54, 1.807) is 18.2 Å². The molecule has 16 heavy (non-hydrogen) atoms. The fourth-order valence-corrected chi connectivity index (χ4v) is 2.13. The van der Waals surface area contributed by atoms with Gasteiger partial charge in [-0.25, -0.2) is 8.42 Å². The van der Waals surface area contributed by atoms with Gasteiger partial charge in [0.2, 0.25) is 0 Å². The van der Waals surface area contributed by atoms with Crippen LogP contribution in [0.3, 0.4) is 0 Å². The summed E-state index contributed by atoms with van der Waals surface area (Å²) in [5.74, 6) is 0. The maximum atomic E-state index is 11.4. The molecule has 0 amide bonds. The van der Waals surface area contributed by atoms with Crippen molar-refractivity contribution in [1.29, 1.82) is 0 Å². The molecule has 0 saturated carbocycles. The maximum Gasteiger partial charge on any atom is 0.177 e. The van der Waals surface area contributed by atoms with Crippen LogP contribution in [0, 0.1) is 0 Å². The average molecular weight is 245 g/mol. The summed E-state index contributed by atoms with van der Waals surface area (Å²) in [6.45, 7) is -0.538. The van der Waals surface area contributed by atoms with Crippen molar-refractivity contribution in [2.45, 2.75) is 10.9 Å². The Morgan fingerprint density at radius 3 is 2.31 bits per heavy atom. The molecule has 0 bridgehead atoms. The van der Waals surface area contributed by atoms with Gasteiger partial charge in [0.25, 0.3) is 0 Å². The monoisotopic (exact) mass is 245 g/mol. The van der Waals surface area contributed by atoms with Gasteiger partial charge in [0.1, 0.15) is 0 Å². The minimum absolute atomic E-state index is 0.155. The maximum absolute atomic E-state index is 11.4. The van der Waals surface area contributed by atoms with Gasteiger partial charge < -0.3 is 15.5 Å². The number of nitrogens with one attached hydrogen (secondary N) is 1. The number of rotatable bonds is 5. The Morgan fingerprint density at radius 1 is 1.25 bits per heavy atom. The molecule has 0 spiro atoms. The molecule has 5 nitrogen and oxygen atoms in total. The zero-order valence-corrected chi connectivity index (χ0v) is 9.74. The lowest BCUT2D eigenvalue weighted by molar-refractivity contribution is 0.203. The Balaban J connectivity index is 3.05. The molecule has 0 radical (unpaired) electrons. The van der Waals surface area contributed by atoms with Crippen molar-refractivity contribution in [2.75, 3.05) is 24.8 Å². The Morgan fingerprint density at radius 2 is 1.81 bits per heavy atom. The summed E-state index contributed by atoms with van der Waals surface area (Å²) >= 11 is 0. The summed E-state index contributed by atoms with van der Waals surface area (Å²) in [7, 11) is -3.32. The van der Waals surface area contributed by atoms with E-state index < -0.39 is 15.9 Å². The van der Waals surface area contributed by atoms with E-state index in [4.69, 9.17) is 10.2 Å². The average Bonchev–Trinajstić information content (AvgIpc) is 2.25. The van der Waals surface area contributed by atoms with Crippen molar-refractivity contribution in [3.8, 4) is 0 Å². The van der Waals surface area contributed by atoms with Gasteiger partial charge in [-0.15, -0.1) is 0 Å². The molecule has 0 unspecified atom stereocenters. The Labute approximate surface area is 94.7 Å². The smallest absolute Gasteiger partial charge is 0.177 e. The highest BCUT2D eigenvalue weighted by molar-refractivity contribution is 7.90. The normalized spacial score (nSPS) is 11.8. The van der Waals surface area contributed by atoms with E-state index in [0.717, 1.165) is 6.26 Å². The van der Waals surface area contributed by atoms with Gasteiger partial charge in [-0.1, -0.05) is 12.1 Å². The minimum atomic E-state index is -3.32. The summed E-state index contributed by atoms with van der Waals surface area (Å²) in [6.07, 6.45) is 1.11. The lowest BCUT2D eigenvalue weighted by atomic mass is 10.2. The molecule has 0 atom stereocenters. The fraction of sp³-hybridized carbons (Fsp3) is 0.400. The van der Waals surface area contributed by atoms with E-state index in [-0.39, 0.29) is 18.1 Å². The van der Waals surface area contributed by atoms with Crippen LogP contribution in [0.15, 0.2) is 29.2 Å².